The van der Waals surface area contributed by atoms with E-state index < -0.39 is 0 Å². The first-order valence-electron chi connectivity index (χ1n) is 7.86. The molecule has 1 aromatic carbocycles. The molecule has 0 radical (unpaired) electrons. The summed E-state index contributed by atoms with van der Waals surface area (Å²) in [6, 6.07) is 7.09. The van der Waals surface area contributed by atoms with Crippen molar-refractivity contribution in [3.63, 3.8) is 0 Å². The summed E-state index contributed by atoms with van der Waals surface area (Å²) < 4.78 is 13.7. The molecular weight excluding hydrogens is 267 g/mol. The van der Waals surface area contributed by atoms with Crippen molar-refractivity contribution in [1.82, 2.24) is 10.2 Å². The van der Waals surface area contributed by atoms with Crippen molar-refractivity contribution >= 4 is 5.91 Å². The summed E-state index contributed by atoms with van der Waals surface area (Å²) in [4.78, 5) is 14.4. The molecule has 1 aromatic rings. The van der Waals surface area contributed by atoms with Gasteiger partial charge in [0.25, 0.3) is 0 Å². The molecule has 116 valence electrons. The van der Waals surface area contributed by atoms with Gasteiger partial charge in [-0.2, -0.15) is 0 Å². The van der Waals surface area contributed by atoms with Crippen LogP contribution in [-0.2, 0) is 11.3 Å². The van der Waals surface area contributed by atoms with E-state index in [1.807, 2.05) is 19.1 Å². The summed E-state index contributed by atoms with van der Waals surface area (Å²) in [5.41, 5.74) is 0.709. The number of hydrogen-bond acceptors (Lipinski definition) is 2. The maximum Gasteiger partial charge on any atom is 0.224 e. The lowest BCUT2D eigenvalue weighted by Crippen LogP contribution is -2.45. The fraction of sp³-hybridized carbons (Fsp3) is 0.588. The van der Waals surface area contributed by atoms with Crippen molar-refractivity contribution in [2.24, 2.45) is 5.92 Å². The van der Waals surface area contributed by atoms with Gasteiger partial charge in [-0.1, -0.05) is 25.1 Å². The second-order valence-corrected chi connectivity index (χ2v) is 5.98. The van der Waals surface area contributed by atoms with E-state index in [4.69, 9.17) is 0 Å². The number of nitrogens with one attached hydrogen (secondary N) is 1. The minimum absolute atomic E-state index is 0.0273. The number of carbonyl (C=O) groups is 1. The molecule has 21 heavy (non-hydrogen) atoms. The molecule has 1 heterocycles. The number of hydrogen-bond donors (Lipinski definition) is 1. The van der Waals surface area contributed by atoms with Crippen LogP contribution in [0.3, 0.4) is 0 Å². The summed E-state index contributed by atoms with van der Waals surface area (Å²) in [6.45, 7) is 6.33. The molecule has 0 saturated carbocycles. The predicted octanol–water partition coefficient (Wildman–Crippen LogP) is 2.95. The Morgan fingerprint density at radius 3 is 2.95 bits per heavy atom. The molecule has 0 spiro atoms. The number of carbonyl (C=O) groups excluding carboxylic acids is 1. The van der Waals surface area contributed by atoms with Gasteiger partial charge in [-0.15, -0.1) is 0 Å². The van der Waals surface area contributed by atoms with Crippen molar-refractivity contribution in [1.29, 1.82) is 0 Å². The molecule has 3 nitrogen and oxygen atoms in total. The number of likely N-dealkylation sites (tertiary alicyclic amines) is 1. The number of nitrogens with zero attached hydrogens (tertiary/aromatic N) is 1. The monoisotopic (exact) mass is 292 g/mol. The normalized spacial score (nSPS) is 21.0. The van der Waals surface area contributed by atoms with Crippen LogP contribution in [0, 0.1) is 11.7 Å². The molecule has 1 saturated heterocycles. The lowest BCUT2D eigenvalue weighted by atomic mass is 9.96. The van der Waals surface area contributed by atoms with E-state index in [2.05, 4.69) is 17.1 Å². The smallest absolute Gasteiger partial charge is 0.224 e. The Morgan fingerprint density at radius 1 is 1.48 bits per heavy atom. The Hall–Kier alpha value is -1.42. The van der Waals surface area contributed by atoms with Gasteiger partial charge in [0, 0.05) is 24.7 Å². The first-order valence-corrected chi connectivity index (χ1v) is 7.86. The minimum atomic E-state index is -0.163. The molecule has 0 aromatic heterocycles. The Kier molecular flexibility index (Phi) is 5.74. The van der Waals surface area contributed by atoms with E-state index in [-0.39, 0.29) is 23.7 Å². The number of benzene rings is 1. The number of amides is 1. The standard InChI is InChI=1S/C17H25FN2O/c1-3-13(2)19-17(21)15-8-6-10-20(12-15)11-14-7-4-5-9-16(14)18/h4-5,7,9,13,15H,3,6,8,10-12H2,1-2H3,(H,19,21). The average molecular weight is 292 g/mol. The van der Waals surface area contributed by atoms with Gasteiger partial charge in [0.1, 0.15) is 5.82 Å². The fourth-order valence-electron chi connectivity index (χ4n) is 2.74. The highest BCUT2D eigenvalue weighted by molar-refractivity contribution is 5.79. The number of piperidine rings is 1. The Morgan fingerprint density at radius 2 is 2.24 bits per heavy atom. The van der Waals surface area contributed by atoms with E-state index in [1.165, 1.54) is 6.07 Å². The lowest BCUT2D eigenvalue weighted by molar-refractivity contribution is -0.127. The van der Waals surface area contributed by atoms with Crippen LogP contribution in [0.5, 0.6) is 0 Å². The quantitative estimate of drug-likeness (QED) is 0.905. The van der Waals surface area contributed by atoms with E-state index in [0.29, 0.717) is 12.1 Å². The number of rotatable bonds is 5. The van der Waals surface area contributed by atoms with Gasteiger partial charge < -0.3 is 5.32 Å². The summed E-state index contributed by atoms with van der Waals surface area (Å²) in [6.07, 6.45) is 2.86. The van der Waals surface area contributed by atoms with Crippen LogP contribution in [0.25, 0.3) is 0 Å². The molecule has 2 unspecified atom stereocenters. The van der Waals surface area contributed by atoms with Gasteiger partial charge in [0.05, 0.1) is 5.92 Å². The molecular formula is C17H25FN2O. The van der Waals surface area contributed by atoms with Gasteiger partial charge in [-0.25, -0.2) is 4.39 Å². The van der Waals surface area contributed by atoms with Gasteiger partial charge in [0.2, 0.25) is 5.91 Å². The highest BCUT2D eigenvalue weighted by Gasteiger charge is 2.26. The van der Waals surface area contributed by atoms with Gasteiger partial charge >= 0.3 is 0 Å². The second kappa shape index (κ2) is 7.55. The molecule has 1 aliphatic heterocycles. The highest BCUT2D eigenvalue weighted by atomic mass is 19.1. The Balaban J connectivity index is 1.92. The fourth-order valence-corrected chi connectivity index (χ4v) is 2.74. The molecule has 1 amide bonds. The van der Waals surface area contributed by atoms with Crippen molar-refractivity contribution in [3.05, 3.63) is 35.6 Å². The summed E-state index contributed by atoms with van der Waals surface area (Å²) in [5.74, 6) is 0.00536. The second-order valence-electron chi connectivity index (χ2n) is 5.98. The van der Waals surface area contributed by atoms with Crippen LogP contribution in [0.1, 0.15) is 38.7 Å². The van der Waals surface area contributed by atoms with Crippen molar-refractivity contribution in [3.8, 4) is 0 Å². The number of halogens is 1. The van der Waals surface area contributed by atoms with Crippen molar-refractivity contribution < 1.29 is 9.18 Å². The van der Waals surface area contributed by atoms with E-state index in [0.717, 1.165) is 32.4 Å². The molecule has 1 aliphatic rings. The summed E-state index contributed by atoms with van der Waals surface area (Å²) in [5, 5.41) is 3.06. The average Bonchev–Trinajstić information content (AvgIpc) is 2.49. The Labute approximate surface area is 126 Å². The SMILES string of the molecule is CCC(C)NC(=O)C1CCCN(Cc2ccccc2F)C1. The van der Waals surface area contributed by atoms with Crippen molar-refractivity contribution in [2.75, 3.05) is 13.1 Å². The third-order valence-corrected chi connectivity index (χ3v) is 4.23. The van der Waals surface area contributed by atoms with E-state index in [9.17, 15) is 9.18 Å². The first-order chi connectivity index (χ1) is 10.1. The molecule has 1 fully saturated rings. The van der Waals surface area contributed by atoms with Crippen LogP contribution in [-0.4, -0.2) is 29.9 Å². The molecule has 2 atom stereocenters. The zero-order valence-electron chi connectivity index (χ0n) is 12.9. The van der Waals surface area contributed by atoms with E-state index >= 15 is 0 Å². The molecule has 4 heteroatoms. The van der Waals surface area contributed by atoms with Crippen LogP contribution < -0.4 is 5.32 Å². The van der Waals surface area contributed by atoms with Crippen LogP contribution >= 0.6 is 0 Å². The van der Waals surface area contributed by atoms with E-state index in [1.54, 1.807) is 6.07 Å². The van der Waals surface area contributed by atoms with Gasteiger partial charge in [-0.05, 0) is 38.8 Å². The highest BCUT2D eigenvalue weighted by Crippen LogP contribution is 2.20. The largest absolute Gasteiger partial charge is 0.353 e. The van der Waals surface area contributed by atoms with Crippen molar-refractivity contribution in [2.45, 2.75) is 45.7 Å². The Bertz CT molecular complexity index is 478. The molecule has 1 N–H and O–H groups in total. The minimum Gasteiger partial charge on any atom is -0.353 e. The zero-order chi connectivity index (χ0) is 15.2. The first kappa shape index (κ1) is 16.0. The lowest BCUT2D eigenvalue weighted by Gasteiger charge is -2.32. The third-order valence-electron chi connectivity index (χ3n) is 4.23. The summed E-state index contributed by atoms with van der Waals surface area (Å²) in [7, 11) is 0. The zero-order valence-corrected chi connectivity index (χ0v) is 12.9. The topological polar surface area (TPSA) is 32.3 Å². The van der Waals surface area contributed by atoms with Crippen LogP contribution in [0.15, 0.2) is 24.3 Å². The maximum atomic E-state index is 13.7. The van der Waals surface area contributed by atoms with Gasteiger partial charge in [0.15, 0.2) is 0 Å². The third kappa shape index (κ3) is 4.53. The molecule has 0 bridgehead atoms. The molecule has 2 rings (SSSR count). The maximum absolute atomic E-state index is 13.7. The van der Waals surface area contributed by atoms with Crippen LogP contribution in [0.4, 0.5) is 4.39 Å². The predicted molar refractivity (Wildman–Crippen MR) is 82.3 cm³/mol. The van der Waals surface area contributed by atoms with Gasteiger partial charge in [-0.3, -0.25) is 9.69 Å². The molecule has 0 aliphatic carbocycles. The summed E-state index contributed by atoms with van der Waals surface area (Å²) >= 11 is 0. The van der Waals surface area contributed by atoms with Crippen LogP contribution in [0.2, 0.25) is 0 Å².